The van der Waals surface area contributed by atoms with Gasteiger partial charge < -0.3 is 15.4 Å². The molecule has 2 N–H and O–H groups in total. The molecule has 8 nitrogen and oxygen atoms in total. The van der Waals surface area contributed by atoms with Gasteiger partial charge in [-0.05, 0) is 44.5 Å². The second kappa shape index (κ2) is 8.16. The zero-order chi connectivity index (χ0) is 22.2. The molecule has 0 unspecified atom stereocenters. The summed E-state index contributed by atoms with van der Waals surface area (Å²) in [5, 5.41) is 10.8. The van der Waals surface area contributed by atoms with Gasteiger partial charge in [0.25, 0.3) is 0 Å². The van der Waals surface area contributed by atoms with Crippen LogP contribution in [0, 0.1) is 20.8 Å². The van der Waals surface area contributed by atoms with E-state index < -0.39 is 12.3 Å². The van der Waals surface area contributed by atoms with Crippen molar-refractivity contribution < 1.29 is 9.13 Å². The van der Waals surface area contributed by atoms with Crippen LogP contribution in [0.1, 0.15) is 17.2 Å². The summed E-state index contributed by atoms with van der Waals surface area (Å²) in [5.41, 5.74) is 4.47. The van der Waals surface area contributed by atoms with Crippen molar-refractivity contribution in [3.8, 4) is 16.9 Å². The third kappa shape index (κ3) is 4.11. The van der Waals surface area contributed by atoms with E-state index in [0.29, 0.717) is 36.3 Å². The van der Waals surface area contributed by atoms with E-state index in [1.165, 1.54) is 0 Å². The van der Waals surface area contributed by atoms with Gasteiger partial charge in [0.15, 0.2) is 12.0 Å². The fourth-order valence-corrected chi connectivity index (χ4v) is 3.90. The van der Waals surface area contributed by atoms with Gasteiger partial charge in [-0.1, -0.05) is 0 Å². The first-order valence-corrected chi connectivity index (χ1v) is 10.5. The number of nitrogens with one attached hydrogen (secondary N) is 2. The van der Waals surface area contributed by atoms with Crippen molar-refractivity contribution in [3.05, 3.63) is 59.9 Å². The van der Waals surface area contributed by atoms with Crippen molar-refractivity contribution in [2.24, 2.45) is 0 Å². The van der Waals surface area contributed by atoms with Gasteiger partial charge in [-0.2, -0.15) is 5.10 Å². The van der Waals surface area contributed by atoms with Crippen molar-refractivity contribution in [3.63, 3.8) is 0 Å². The topological polar surface area (TPSA) is 89.3 Å². The number of halogens is 1. The molecule has 0 radical (unpaired) electrons. The van der Waals surface area contributed by atoms with E-state index in [0.717, 1.165) is 28.0 Å². The molecule has 0 aliphatic carbocycles. The Morgan fingerprint density at radius 1 is 1.06 bits per heavy atom. The molecule has 1 fully saturated rings. The lowest BCUT2D eigenvalue weighted by Crippen LogP contribution is -2.27. The number of hydrogen-bond donors (Lipinski definition) is 2. The Morgan fingerprint density at radius 2 is 1.94 bits per heavy atom. The minimum atomic E-state index is -1.04. The highest BCUT2D eigenvalue weighted by Crippen LogP contribution is 2.33. The van der Waals surface area contributed by atoms with Crippen molar-refractivity contribution >= 4 is 17.2 Å². The van der Waals surface area contributed by atoms with Crippen molar-refractivity contribution in [2.45, 2.75) is 33.0 Å². The third-order valence-electron chi connectivity index (χ3n) is 5.37. The molecule has 4 aromatic rings. The van der Waals surface area contributed by atoms with E-state index in [1.807, 2.05) is 57.3 Å². The average molecular weight is 433 g/mol. The van der Waals surface area contributed by atoms with Crippen molar-refractivity contribution in [1.29, 1.82) is 0 Å². The number of nitrogens with zero attached hydrogens (tertiary/aromatic N) is 5. The Labute approximate surface area is 184 Å². The second-order valence-electron chi connectivity index (χ2n) is 8.03. The van der Waals surface area contributed by atoms with Gasteiger partial charge in [-0.3, -0.25) is 4.98 Å². The number of fused-ring (bicyclic) bond motifs is 1. The average Bonchev–Trinajstić information content (AvgIpc) is 3.33. The van der Waals surface area contributed by atoms with Gasteiger partial charge in [0, 0.05) is 48.4 Å². The van der Waals surface area contributed by atoms with Crippen molar-refractivity contribution in [1.82, 2.24) is 29.9 Å². The predicted octanol–water partition coefficient (Wildman–Crippen LogP) is 3.54. The highest BCUT2D eigenvalue weighted by atomic mass is 19.1. The smallest absolute Gasteiger partial charge is 0.154 e. The fourth-order valence-electron chi connectivity index (χ4n) is 3.90. The molecule has 1 aliphatic heterocycles. The van der Waals surface area contributed by atoms with Crippen LogP contribution in [0.4, 0.5) is 16.0 Å². The lowest BCUT2D eigenvalue weighted by Gasteiger charge is -2.18. The molecule has 0 saturated carbocycles. The number of ether oxygens (including phenoxy) is 1. The molecule has 0 aromatic carbocycles. The Bertz CT molecular complexity index is 1270. The maximum Gasteiger partial charge on any atom is 0.154 e. The van der Waals surface area contributed by atoms with Gasteiger partial charge in [0.2, 0.25) is 0 Å². The molecule has 164 valence electrons. The van der Waals surface area contributed by atoms with E-state index in [4.69, 9.17) is 4.74 Å². The highest BCUT2D eigenvalue weighted by molar-refractivity contribution is 5.75. The van der Waals surface area contributed by atoms with Crippen LogP contribution in [0.5, 0.6) is 5.75 Å². The summed E-state index contributed by atoms with van der Waals surface area (Å²) in [5.74, 6) is 2.65. The zero-order valence-corrected chi connectivity index (χ0v) is 18.1. The van der Waals surface area contributed by atoms with Crippen LogP contribution < -0.4 is 15.4 Å². The normalized spacial score (nSPS) is 18.2. The Kier molecular flexibility index (Phi) is 5.18. The summed E-state index contributed by atoms with van der Waals surface area (Å²) in [4.78, 5) is 13.1. The molecule has 1 saturated heterocycles. The molecule has 5 rings (SSSR count). The molecule has 9 heteroatoms. The lowest BCUT2D eigenvalue weighted by molar-refractivity contribution is 0.140. The molecular weight excluding hydrogens is 409 g/mol. The van der Waals surface area contributed by atoms with E-state index in [2.05, 4.69) is 30.7 Å². The first-order valence-electron chi connectivity index (χ1n) is 10.5. The molecule has 4 aromatic heterocycles. The molecule has 2 atom stereocenters. The summed E-state index contributed by atoms with van der Waals surface area (Å²) in [6.07, 6.45) is 2.00. The number of aromatic nitrogens is 5. The third-order valence-corrected chi connectivity index (χ3v) is 5.37. The van der Waals surface area contributed by atoms with E-state index in [9.17, 15) is 4.39 Å². The van der Waals surface area contributed by atoms with Crippen LogP contribution in [0.25, 0.3) is 16.6 Å². The number of alkyl halides is 1. The summed E-state index contributed by atoms with van der Waals surface area (Å²) < 4.78 is 21.9. The maximum atomic E-state index is 14.1. The molecule has 0 amide bonds. The van der Waals surface area contributed by atoms with Crippen LogP contribution in [-0.2, 0) is 0 Å². The highest BCUT2D eigenvalue weighted by Gasteiger charge is 2.29. The maximum absolute atomic E-state index is 14.1. The Morgan fingerprint density at radius 3 is 2.72 bits per heavy atom. The van der Waals surface area contributed by atoms with Crippen LogP contribution in [0.2, 0.25) is 0 Å². The largest absolute Gasteiger partial charge is 0.484 e. The quantitative estimate of drug-likeness (QED) is 0.498. The fraction of sp³-hybridized carbons (Fsp3) is 0.304. The Balaban J connectivity index is 1.47. The van der Waals surface area contributed by atoms with Crippen LogP contribution >= 0.6 is 0 Å². The molecular formula is C23H24FN7O. The van der Waals surface area contributed by atoms with Crippen LogP contribution in [-0.4, -0.2) is 49.9 Å². The van der Waals surface area contributed by atoms with Crippen molar-refractivity contribution in [2.75, 3.05) is 18.4 Å². The van der Waals surface area contributed by atoms with Crippen LogP contribution in [0.15, 0.2) is 42.7 Å². The number of pyridine rings is 2. The van der Waals surface area contributed by atoms with Gasteiger partial charge in [0.05, 0.1) is 11.7 Å². The monoisotopic (exact) mass is 433 g/mol. The first-order chi connectivity index (χ1) is 15.4. The molecule has 32 heavy (non-hydrogen) atoms. The van der Waals surface area contributed by atoms with Gasteiger partial charge in [-0.25, -0.2) is 18.9 Å². The predicted molar refractivity (Wildman–Crippen MR) is 120 cm³/mol. The molecule has 5 heterocycles. The summed E-state index contributed by atoms with van der Waals surface area (Å²) in [6, 6.07) is 9.77. The zero-order valence-electron chi connectivity index (χ0n) is 18.1. The number of anilines is 2. The van der Waals surface area contributed by atoms with E-state index in [-0.39, 0.29) is 0 Å². The number of aryl methyl sites for hydroxylation is 3. The standard InChI is InChI=1S/C23H24FN7O/c1-13-6-18(20(12-26-13)32-21-11-25-10-19(21)24)16-4-5-31-17(8-16)9-23(30-31)29-22-7-14(2)27-15(3)28-22/h4-9,12,19,21,25H,10-11H2,1-3H3,(H,27,28,29,30)/t19-,21+/m0/s1. The molecule has 0 spiro atoms. The first kappa shape index (κ1) is 20.3. The number of hydrogen-bond acceptors (Lipinski definition) is 7. The van der Waals surface area contributed by atoms with E-state index >= 15 is 0 Å². The van der Waals surface area contributed by atoms with Crippen LogP contribution in [0.3, 0.4) is 0 Å². The summed E-state index contributed by atoms with van der Waals surface area (Å²) in [7, 11) is 0. The minimum Gasteiger partial charge on any atom is -0.484 e. The van der Waals surface area contributed by atoms with Gasteiger partial charge in [-0.15, -0.1) is 0 Å². The van der Waals surface area contributed by atoms with Gasteiger partial charge >= 0.3 is 0 Å². The summed E-state index contributed by atoms with van der Waals surface area (Å²) >= 11 is 0. The molecule has 1 aliphatic rings. The molecule has 0 bridgehead atoms. The summed E-state index contributed by atoms with van der Waals surface area (Å²) in [6.45, 7) is 6.50. The Hall–Kier alpha value is -3.59. The SMILES string of the molecule is Cc1cc(-c2ccn3nc(Nc4cc(C)nc(C)n4)cc3c2)c(O[C@@H]2CNC[C@@H]2F)cn1. The van der Waals surface area contributed by atoms with E-state index in [1.54, 1.807) is 10.7 Å². The second-order valence-corrected chi connectivity index (χ2v) is 8.03. The number of rotatable bonds is 5. The minimum absolute atomic E-state index is 0.308. The lowest BCUT2D eigenvalue weighted by atomic mass is 10.1. The van der Waals surface area contributed by atoms with Gasteiger partial charge in [0.1, 0.15) is 23.5 Å².